The first kappa shape index (κ1) is 17.1. The van der Waals surface area contributed by atoms with Gasteiger partial charge in [-0.1, -0.05) is 0 Å². The summed E-state index contributed by atoms with van der Waals surface area (Å²) in [6.45, 7) is 3.00. The van der Waals surface area contributed by atoms with Gasteiger partial charge in [-0.15, -0.1) is 0 Å². The van der Waals surface area contributed by atoms with E-state index in [2.05, 4.69) is 15.4 Å². The van der Waals surface area contributed by atoms with Crippen LogP contribution >= 0.6 is 0 Å². The molecule has 0 atom stereocenters. The first-order valence-electron chi connectivity index (χ1n) is 8.76. The molecule has 1 fully saturated rings. The number of carbonyl (C=O) groups is 2. The summed E-state index contributed by atoms with van der Waals surface area (Å²) < 4.78 is 12.7. The van der Waals surface area contributed by atoms with Crippen molar-refractivity contribution in [2.45, 2.75) is 6.54 Å². The fraction of sp³-hybridized carbons (Fsp3) is 0.412. The van der Waals surface area contributed by atoms with Crippen LogP contribution in [-0.2, 0) is 11.3 Å². The minimum atomic E-state index is -0.201. The zero-order valence-corrected chi connectivity index (χ0v) is 14.7. The second kappa shape index (κ2) is 7.52. The van der Waals surface area contributed by atoms with Crippen LogP contribution in [0.15, 0.2) is 30.9 Å². The van der Waals surface area contributed by atoms with Crippen molar-refractivity contribution >= 4 is 17.6 Å². The number of nitrogens with zero attached hydrogens (tertiary/aromatic N) is 5. The van der Waals surface area contributed by atoms with Crippen LogP contribution in [0.3, 0.4) is 0 Å². The zero-order valence-electron chi connectivity index (χ0n) is 14.7. The smallest absolute Gasteiger partial charge is 0.325 e. The Hall–Kier alpha value is -3.30. The van der Waals surface area contributed by atoms with Crippen LogP contribution in [0.4, 0.5) is 10.5 Å². The van der Waals surface area contributed by atoms with E-state index in [1.807, 2.05) is 6.07 Å². The van der Waals surface area contributed by atoms with E-state index < -0.39 is 0 Å². The first-order valence-corrected chi connectivity index (χ1v) is 8.76. The van der Waals surface area contributed by atoms with Crippen LogP contribution in [0, 0.1) is 0 Å². The summed E-state index contributed by atoms with van der Waals surface area (Å²) in [5.41, 5.74) is 0.735. The van der Waals surface area contributed by atoms with Crippen molar-refractivity contribution in [3.8, 4) is 11.5 Å². The molecule has 0 spiro atoms. The summed E-state index contributed by atoms with van der Waals surface area (Å²) in [5.74, 6) is 1.11. The van der Waals surface area contributed by atoms with Crippen molar-refractivity contribution in [3.63, 3.8) is 0 Å². The lowest BCUT2D eigenvalue weighted by Gasteiger charge is -2.22. The van der Waals surface area contributed by atoms with Gasteiger partial charge in [0.1, 0.15) is 32.4 Å². The van der Waals surface area contributed by atoms with Crippen LogP contribution in [0.25, 0.3) is 0 Å². The van der Waals surface area contributed by atoms with E-state index in [9.17, 15) is 9.59 Å². The van der Waals surface area contributed by atoms with E-state index in [-0.39, 0.29) is 18.5 Å². The molecule has 0 bridgehead atoms. The quantitative estimate of drug-likeness (QED) is 0.772. The third-order valence-electron chi connectivity index (χ3n) is 4.40. The second-order valence-corrected chi connectivity index (χ2v) is 6.19. The van der Waals surface area contributed by atoms with E-state index in [1.165, 1.54) is 11.2 Å². The van der Waals surface area contributed by atoms with Gasteiger partial charge in [-0.05, 0) is 12.1 Å². The lowest BCUT2D eigenvalue weighted by atomic mass is 10.2. The van der Waals surface area contributed by atoms with E-state index in [0.717, 1.165) is 5.69 Å². The van der Waals surface area contributed by atoms with Gasteiger partial charge < -0.3 is 19.7 Å². The molecule has 0 aliphatic carbocycles. The highest BCUT2D eigenvalue weighted by molar-refractivity contribution is 5.96. The fourth-order valence-corrected chi connectivity index (χ4v) is 3.06. The molecule has 1 aromatic heterocycles. The third-order valence-corrected chi connectivity index (χ3v) is 4.40. The van der Waals surface area contributed by atoms with Gasteiger partial charge in [0.25, 0.3) is 0 Å². The predicted molar refractivity (Wildman–Crippen MR) is 94.8 cm³/mol. The van der Waals surface area contributed by atoms with Crippen LogP contribution in [0.1, 0.15) is 0 Å². The summed E-state index contributed by atoms with van der Waals surface area (Å²) in [6, 6.07) is 5.23. The number of benzene rings is 1. The average Bonchev–Trinajstić information content (AvgIpc) is 3.32. The molecule has 10 heteroatoms. The largest absolute Gasteiger partial charge is 0.486 e. The number of anilines is 1. The number of ether oxygens (including phenoxy) is 2. The Kier molecular flexibility index (Phi) is 4.77. The Balaban J connectivity index is 1.31. The molecule has 142 valence electrons. The van der Waals surface area contributed by atoms with Crippen molar-refractivity contribution in [2.75, 3.05) is 44.3 Å². The number of hydrogen-bond donors (Lipinski definition) is 1. The maximum absolute atomic E-state index is 12.6. The number of amides is 3. The molecule has 0 radical (unpaired) electrons. The van der Waals surface area contributed by atoms with Crippen molar-refractivity contribution < 1.29 is 19.1 Å². The molecule has 0 unspecified atom stereocenters. The summed E-state index contributed by atoms with van der Waals surface area (Å²) in [4.78, 5) is 31.8. The monoisotopic (exact) mass is 372 g/mol. The SMILES string of the molecule is O=C(CN1CCN(c2ccc3c(c2)OCCO3)C1=O)NCCn1cncn1. The van der Waals surface area contributed by atoms with Crippen LogP contribution in [0.2, 0.25) is 0 Å². The summed E-state index contributed by atoms with van der Waals surface area (Å²) in [5, 5.41) is 6.75. The molecule has 27 heavy (non-hydrogen) atoms. The minimum absolute atomic E-state index is 0.0250. The highest BCUT2D eigenvalue weighted by atomic mass is 16.6. The molecule has 1 N–H and O–H groups in total. The summed E-state index contributed by atoms with van der Waals surface area (Å²) in [7, 11) is 0. The summed E-state index contributed by atoms with van der Waals surface area (Å²) >= 11 is 0. The number of nitrogens with one attached hydrogen (secondary N) is 1. The van der Waals surface area contributed by atoms with E-state index in [1.54, 1.807) is 28.0 Å². The maximum Gasteiger partial charge on any atom is 0.325 e. The fourth-order valence-electron chi connectivity index (χ4n) is 3.06. The van der Waals surface area contributed by atoms with Crippen molar-refractivity contribution in [3.05, 3.63) is 30.9 Å². The molecule has 10 nitrogen and oxygen atoms in total. The molecule has 4 rings (SSSR count). The highest BCUT2D eigenvalue weighted by Crippen LogP contribution is 2.34. The average molecular weight is 372 g/mol. The Labute approximate surface area is 155 Å². The van der Waals surface area contributed by atoms with Gasteiger partial charge in [-0.2, -0.15) is 5.10 Å². The minimum Gasteiger partial charge on any atom is -0.486 e. The van der Waals surface area contributed by atoms with Gasteiger partial charge in [-0.3, -0.25) is 14.4 Å². The Morgan fingerprint density at radius 3 is 2.85 bits per heavy atom. The van der Waals surface area contributed by atoms with Gasteiger partial charge >= 0.3 is 6.03 Å². The van der Waals surface area contributed by atoms with Crippen molar-refractivity contribution in [2.24, 2.45) is 0 Å². The molecular formula is C17H20N6O4. The normalized spacial score (nSPS) is 15.9. The van der Waals surface area contributed by atoms with Crippen molar-refractivity contribution in [1.82, 2.24) is 25.0 Å². The summed E-state index contributed by atoms with van der Waals surface area (Å²) in [6.07, 6.45) is 3.03. The topological polar surface area (TPSA) is 102 Å². The molecule has 2 aliphatic rings. The molecule has 0 saturated carbocycles. The lowest BCUT2D eigenvalue weighted by Crippen LogP contribution is -2.40. The molecule has 2 aliphatic heterocycles. The molecular weight excluding hydrogens is 352 g/mol. The number of rotatable bonds is 6. The van der Waals surface area contributed by atoms with Gasteiger partial charge in [0.2, 0.25) is 5.91 Å². The number of aromatic nitrogens is 3. The lowest BCUT2D eigenvalue weighted by molar-refractivity contribution is -0.121. The molecule has 3 amide bonds. The van der Waals surface area contributed by atoms with Crippen molar-refractivity contribution in [1.29, 1.82) is 0 Å². The van der Waals surface area contributed by atoms with Gasteiger partial charge in [0, 0.05) is 31.4 Å². The van der Waals surface area contributed by atoms with Gasteiger partial charge in [-0.25, -0.2) is 9.78 Å². The van der Waals surface area contributed by atoms with Gasteiger partial charge in [0.15, 0.2) is 11.5 Å². The van der Waals surface area contributed by atoms with E-state index in [0.29, 0.717) is 50.9 Å². The van der Waals surface area contributed by atoms with Crippen LogP contribution in [-0.4, -0.2) is 71.0 Å². The third kappa shape index (κ3) is 3.78. The maximum atomic E-state index is 12.6. The van der Waals surface area contributed by atoms with E-state index in [4.69, 9.17) is 9.47 Å². The molecule has 2 aromatic rings. The number of carbonyl (C=O) groups excluding carboxylic acids is 2. The number of fused-ring (bicyclic) bond motifs is 1. The standard InChI is InChI=1S/C17H20N6O4/c24-16(19-3-4-22-12-18-11-20-22)10-21-5-6-23(17(21)25)13-1-2-14-15(9-13)27-8-7-26-14/h1-2,9,11-12H,3-8,10H2,(H,19,24). The molecule has 1 saturated heterocycles. The van der Waals surface area contributed by atoms with Crippen LogP contribution < -0.4 is 19.7 Å². The number of urea groups is 1. The second-order valence-electron chi connectivity index (χ2n) is 6.19. The Bertz CT molecular complexity index is 825. The number of hydrogen-bond acceptors (Lipinski definition) is 6. The Morgan fingerprint density at radius 1 is 1.19 bits per heavy atom. The highest BCUT2D eigenvalue weighted by Gasteiger charge is 2.31. The van der Waals surface area contributed by atoms with E-state index >= 15 is 0 Å². The molecule has 3 heterocycles. The zero-order chi connectivity index (χ0) is 18.6. The first-order chi connectivity index (χ1) is 13.2. The molecule has 1 aromatic carbocycles. The predicted octanol–water partition coefficient (Wildman–Crippen LogP) is 0.108. The van der Waals surface area contributed by atoms with Gasteiger partial charge in [0.05, 0.1) is 6.54 Å². The van der Waals surface area contributed by atoms with Crippen LogP contribution in [0.5, 0.6) is 11.5 Å². The Morgan fingerprint density at radius 2 is 2.04 bits per heavy atom.